The second-order valence-electron chi connectivity index (χ2n) is 7.34. The molecule has 2 aromatic heterocycles. The molecule has 4 heterocycles. The highest BCUT2D eigenvalue weighted by Gasteiger charge is 2.42. The van der Waals surface area contributed by atoms with Gasteiger partial charge in [-0.2, -0.15) is 0 Å². The Labute approximate surface area is 152 Å². The van der Waals surface area contributed by atoms with Gasteiger partial charge in [-0.1, -0.05) is 6.07 Å². The van der Waals surface area contributed by atoms with Gasteiger partial charge in [-0.05, 0) is 37.4 Å². The van der Waals surface area contributed by atoms with E-state index in [1.165, 1.54) is 17.8 Å². The molecule has 25 heavy (non-hydrogen) atoms. The lowest BCUT2D eigenvalue weighted by atomic mass is 9.79. The molecule has 2 aliphatic rings. The molecule has 2 fully saturated rings. The van der Waals surface area contributed by atoms with Gasteiger partial charge in [0, 0.05) is 49.0 Å². The van der Waals surface area contributed by atoms with Crippen molar-refractivity contribution < 1.29 is 4.79 Å². The lowest BCUT2D eigenvalue weighted by Crippen LogP contribution is -2.47. The molecule has 1 atom stereocenters. The van der Waals surface area contributed by atoms with Gasteiger partial charge in [0.15, 0.2) is 0 Å². The third-order valence-corrected chi connectivity index (χ3v) is 6.22. The minimum absolute atomic E-state index is 0.241. The number of thiazole rings is 1. The first kappa shape index (κ1) is 16.7. The van der Waals surface area contributed by atoms with Crippen LogP contribution >= 0.6 is 11.3 Å². The van der Waals surface area contributed by atoms with E-state index in [2.05, 4.69) is 19.8 Å². The number of hydrogen-bond acceptors (Lipinski definition) is 5. The van der Waals surface area contributed by atoms with Crippen molar-refractivity contribution in [2.75, 3.05) is 26.2 Å². The number of pyridine rings is 1. The van der Waals surface area contributed by atoms with Crippen molar-refractivity contribution in [1.82, 2.24) is 19.8 Å². The Balaban J connectivity index is 1.36. The summed E-state index contributed by atoms with van der Waals surface area (Å²) < 4.78 is 0. The quantitative estimate of drug-likeness (QED) is 0.845. The minimum atomic E-state index is 0.241. The average Bonchev–Trinajstić information content (AvgIpc) is 3.27. The third kappa shape index (κ3) is 3.90. The summed E-state index contributed by atoms with van der Waals surface area (Å²) in [5.74, 6) is 0.241. The largest absolute Gasteiger partial charge is 0.342 e. The highest BCUT2D eigenvalue weighted by molar-refractivity contribution is 7.09. The number of carbonyl (C=O) groups excluding carboxylic acids is 1. The molecule has 4 rings (SSSR count). The maximum Gasteiger partial charge on any atom is 0.227 e. The van der Waals surface area contributed by atoms with Crippen molar-refractivity contribution in [3.8, 4) is 0 Å². The summed E-state index contributed by atoms with van der Waals surface area (Å²) in [4.78, 5) is 25.8. The number of likely N-dealkylation sites (tertiary alicyclic amines) is 2. The zero-order valence-electron chi connectivity index (χ0n) is 14.4. The molecule has 1 amide bonds. The van der Waals surface area contributed by atoms with Gasteiger partial charge in [0.2, 0.25) is 5.91 Å². The van der Waals surface area contributed by atoms with E-state index in [1.54, 1.807) is 23.7 Å². The van der Waals surface area contributed by atoms with E-state index in [4.69, 9.17) is 0 Å². The highest BCUT2D eigenvalue weighted by Crippen LogP contribution is 2.39. The Hall–Kier alpha value is -1.79. The summed E-state index contributed by atoms with van der Waals surface area (Å²) in [7, 11) is 0. The first-order valence-electron chi connectivity index (χ1n) is 9.00. The Bertz CT molecular complexity index is 705. The molecule has 132 valence electrons. The van der Waals surface area contributed by atoms with Crippen LogP contribution in [0.2, 0.25) is 0 Å². The monoisotopic (exact) mass is 356 g/mol. The highest BCUT2D eigenvalue weighted by atomic mass is 32.1. The van der Waals surface area contributed by atoms with Crippen molar-refractivity contribution in [3.63, 3.8) is 0 Å². The molecule has 1 unspecified atom stereocenters. The van der Waals surface area contributed by atoms with Crippen molar-refractivity contribution in [3.05, 3.63) is 46.7 Å². The third-order valence-electron chi connectivity index (χ3n) is 5.45. The fraction of sp³-hybridized carbons (Fsp3) is 0.526. The zero-order chi connectivity index (χ0) is 17.1. The summed E-state index contributed by atoms with van der Waals surface area (Å²) in [5, 5.41) is 3.23. The molecule has 2 saturated heterocycles. The molecular formula is C19H24N4OS. The van der Waals surface area contributed by atoms with Crippen LogP contribution < -0.4 is 0 Å². The van der Waals surface area contributed by atoms with Crippen molar-refractivity contribution >= 4 is 17.2 Å². The number of nitrogens with zero attached hydrogens (tertiary/aromatic N) is 4. The first-order chi connectivity index (χ1) is 12.2. The van der Waals surface area contributed by atoms with Crippen LogP contribution in [0, 0.1) is 5.41 Å². The first-order valence-corrected chi connectivity index (χ1v) is 9.88. The molecule has 2 aliphatic heterocycles. The number of carbonyl (C=O) groups is 1. The Kier molecular flexibility index (Phi) is 4.81. The molecular weight excluding hydrogens is 332 g/mol. The van der Waals surface area contributed by atoms with Gasteiger partial charge < -0.3 is 4.90 Å². The predicted molar refractivity (Wildman–Crippen MR) is 98.2 cm³/mol. The molecule has 0 aromatic carbocycles. The molecule has 5 nitrogen and oxygen atoms in total. The van der Waals surface area contributed by atoms with Crippen LogP contribution in [0.3, 0.4) is 0 Å². The fourth-order valence-corrected chi connectivity index (χ4v) is 4.89. The van der Waals surface area contributed by atoms with Gasteiger partial charge in [-0.3, -0.25) is 14.7 Å². The normalized spacial score (nSPS) is 24.1. The van der Waals surface area contributed by atoms with Crippen molar-refractivity contribution in [2.45, 2.75) is 32.2 Å². The summed E-state index contributed by atoms with van der Waals surface area (Å²) >= 11 is 1.73. The van der Waals surface area contributed by atoms with E-state index in [0.29, 0.717) is 6.42 Å². The topological polar surface area (TPSA) is 49.3 Å². The van der Waals surface area contributed by atoms with Gasteiger partial charge >= 0.3 is 0 Å². The SMILES string of the molecule is O=C(Cc1cccnc1)N1CCCC2(CCN(Cc3nccs3)C2)C1. The number of amides is 1. The summed E-state index contributed by atoms with van der Waals surface area (Å²) in [6, 6.07) is 3.88. The number of hydrogen-bond donors (Lipinski definition) is 0. The second kappa shape index (κ2) is 7.22. The van der Waals surface area contributed by atoms with E-state index >= 15 is 0 Å². The van der Waals surface area contributed by atoms with Crippen molar-refractivity contribution in [1.29, 1.82) is 0 Å². The molecule has 0 radical (unpaired) electrons. The van der Waals surface area contributed by atoms with Crippen LogP contribution in [0.1, 0.15) is 29.8 Å². The molecule has 2 aromatic rings. The van der Waals surface area contributed by atoms with Gasteiger partial charge in [0.1, 0.15) is 5.01 Å². The summed E-state index contributed by atoms with van der Waals surface area (Å²) in [6.45, 7) is 4.95. The molecule has 0 N–H and O–H groups in total. The maximum atomic E-state index is 12.7. The van der Waals surface area contributed by atoms with Crippen LogP contribution in [0.15, 0.2) is 36.1 Å². The Morgan fingerprint density at radius 2 is 2.20 bits per heavy atom. The second-order valence-corrected chi connectivity index (χ2v) is 8.32. The predicted octanol–water partition coefficient (Wildman–Crippen LogP) is 2.60. The van der Waals surface area contributed by atoms with Crippen LogP contribution in [-0.4, -0.2) is 51.9 Å². The number of rotatable bonds is 4. The molecule has 1 spiro atoms. The maximum absolute atomic E-state index is 12.7. The van der Waals surface area contributed by atoms with E-state index in [1.807, 2.05) is 23.7 Å². The minimum Gasteiger partial charge on any atom is -0.342 e. The van der Waals surface area contributed by atoms with E-state index < -0.39 is 0 Å². The van der Waals surface area contributed by atoms with Crippen molar-refractivity contribution in [2.24, 2.45) is 5.41 Å². The van der Waals surface area contributed by atoms with Crippen LogP contribution in [-0.2, 0) is 17.8 Å². The van der Waals surface area contributed by atoms with E-state index in [0.717, 1.165) is 44.7 Å². The fourth-order valence-electron chi connectivity index (χ4n) is 4.23. The standard InChI is InChI=1S/C19H24N4OS/c24-18(11-16-3-1-6-20-12-16)23-8-2-4-19(15-23)5-9-22(14-19)13-17-21-7-10-25-17/h1,3,6-7,10,12H,2,4-5,8-9,11,13-15H2. The zero-order valence-corrected chi connectivity index (χ0v) is 15.2. The Morgan fingerprint density at radius 1 is 1.24 bits per heavy atom. The molecule has 6 heteroatoms. The van der Waals surface area contributed by atoms with Gasteiger partial charge in [-0.15, -0.1) is 11.3 Å². The van der Waals surface area contributed by atoms with Crippen LogP contribution in [0.5, 0.6) is 0 Å². The number of piperidine rings is 1. The van der Waals surface area contributed by atoms with Gasteiger partial charge in [-0.25, -0.2) is 4.98 Å². The lowest BCUT2D eigenvalue weighted by molar-refractivity contribution is -0.133. The Morgan fingerprint density at radius 3 is 3.00 bits per heavy atom. The van der Waals surface area contributed by atoms with Gasteiger partial charge in [0.25, 0.3) is 0 Å². The average molecular weight is 356 g/mol. The van der Waals surface area contributed by atoms with E-state index in [9.17, 15) is 4.79 Å². The smallest absolute Gasteiger partial charge is 0.227 e. The lowest BCUT2D eigenvalue weighted by Gasteiger charge is -2.40. The van der Waals surface area contributed by atoms with Crippen LogP contribution in [0.4, 0.5) is 0 Å². The summed E-state index contributed by atoms with van der Waals surface area (Å²) in [5.41, 5.74) is 1.28. The molecule has 0 aliphatic carbocycles. The number of aromatic nitrogens is 2. The molecule has 0 saturated carbocycles. The molecule has 0 bridgehead atoms. The van der Waals surface area contributed by atoms with Gasteiger partial charge in [0.05, 0.1) is 13.0 Å². The van der Waals surface area contributed by atoms with Crippen LogP contribution in [0.25, 0.3) is 0 Å². The van der Waals surface area contributed by atoms with E-state index in [-0.39, 0.29) is 11.3 Å². The summed E-state index contributed by atoms with van der Waals surface area (Å²) in [6.07, 6.45) is 9.43.